The Bertz CT molecular complexity index is 1320. The summed E-state index contributed by atoms with van der Waals surface area (Å²) in [5.74, 6) is -1.44. The van der Waals surface area contributed by atoms with Gasteiger partial charge in [0.1, 0.15) is 6.54 Å². The molecule has 1 heterocycles. The number of benzene rings is 3. The largest absolute Gasteiger partial charge is 0.454 e. The van der Waals surface area contributed by atoms with Crippen LogP contribution in [0, 0.1) is 0 Å². The van der Waals surface area contributed by atoms with Gasteiger partial charge < -0.3 is 14.6 Å². The van der Waals surface area contributed by atoms with Gasteiger partial charge in [0.05, 0.1) is 11.0 Å². The molecule has 1 aromatic heterocycles. The lowest BCUT2D eigenvalue weighted by Gasteiger charge is -2.14. The zero-order valence-electron chi connectivity index (χ0n) is 16.9. The zero-order valence-corrected chi connectivity index (χ0v) is 16.9. The van der Waals surface area contributed by atoms with Gasteiger partial charge in [-0.25, -0.2) is 4.79 Å². The van der Waals surface area contributed by atoms with E-state index < -0.39 is 24.5 Å². The van der Waals surface area contributed by atoms with Crippen LogP contribution in [0.4, 0.5) is 10.5 Å². The molecule has 0 fully saturated rings. The lowest BCUT2D eigenvalue weighted by atomic mass is 10.1. The number of hydrogen-bond acceptors (Lipinski definition) is 5. The molecule has 0 saturated carbocycles. The van der Waals surface area contributed by atoms with Gasteiger partial charge in [-0.15, -0.1) is 0 Å². The number of carbonyl (C=O) groups is 3. The van der Waals surface area contributed by atoms with Gasteiger partial charge in [-0.05, 0) is 36.4 Å². The summed E-state index contributed by atoms with van der Waals surface area (Å²) in [7, 11) is 0. The first-order valence-electron chi connectivity index (χ1n) is 9.85. The summed E-state index contributed by atoms with van der Waals surface area (Å²) < 4.78 is 6.73. The Labute approximate surface area is 182 Å². The number of nitrogens with zero attached hydrogens (tertiary/aromatic N) is 1. The van der Waals surface area contributed by atoms with E-state index in [1.54, 1.807) is 83.4 Å². The van der Waals surface area contributed by atoms with Gasteiger partial charge >= 0.3 is 12.0 Å². The quantitative estimate of drug-likeness (QED) is 0.375. The Morgan fingerprint density at radius 2 is 1.34 bits per heavy atom. The van der Waals surface area contributed by atoms with Crippen molar-refractivity contribution in [1.29, 1.82) is 0 Å². The standard InChI is InChI=1S/C24H19N3O5/c28-21(26-24(31)25-16-8-2-1-3-9-16)15-32-22(29)14-27-19-12-6-4-10-17(19)23(30)18-11-5-7-13-20(18)27/h1-13H,14-15H2,(H2,25,26,28,31). The molecule has 0 atom stereocenters. The van der Waals surface area contributed by atoms with E-state index in [9.17, 15) is 19.2 Å². The monoisotopic (exact) mass is 429 g/mol. The number of amides is 3. The van der Waals surface area contributed by atoms with E-state index in [1.807, 2.05) is 0 Å². The molecule has 0 aliphatic rings. The molecule has 0 saturated heterocycles. The SMILES string of the molecule is O=C(COC(=O)Cn1c2ccccc2c(=O)c2ccccc21)NC(=O)Nc1ccccc1. The molecule has 0 aliphatic carbocycles. The molecule has 0 bridgehead atoms. The van der Waals surface area contributed by atoms with Crippen molar-refractivity contribution in [2.24, 2.45) is 0 Å². The number of esters is 1. The molecule has 0 unspecified atom stereocenters. The second-order valence-corrected chi connectivity index (χ2v) is 6.98. The van der Waals surface area contributed by atoms with Crippen molar-refractivity contribution in [1.82, 2.24) is 9.88 Å². The zero-order chi connectivity index (χ0) is 22.5. The van der Waals surface area contributed by atoms with Crippen LogP contribution in [-0.2, 0) is 20.9 Å². The fourth-order valence-corrected chi connectivity index (χ4v) is 3.41. The molecule has 0 radical (unpaired) electrons. The predicted octanol–water partition coefficient (Wildman–Crippen LogP) is 3.05. The van der Waals surface area contributed by atoms with Gasteiger partial charge in [-0.2, -0.15) is 0 Å². The van der Waals surface area contributed by atoms with Crippen LogP contribution in [0.3, 0.4) is 0 Å². The first kappa shape index (κ1) is 20.8. The maximum Gasteiger partial charge on any atom is 0.326 e. The van der Waals surface area contributed by atoms with Gasteiger partial charge in [0.25, 0.3) is 5.91 Å². The number of para-hydroxylation sites is 3. The number of aromatic nitrogens is 1. The Morgan fingerprint density at radius 3 is 1.97 bits per heavy atom. The highest BCUT2D eigenvalue weighted by atomic mass is 16.5. The number of hydrogen-bond donors (Lipinski definition) is 2. The molecular weight excluding hydrogens is 410 g/mol. The van der Waals surface area contributed by atoms with Crippen molar-refractivity contribution in [3.05, 3.63) is 89.1 Å². The van der Waals surface area contributed by atoms with Gasteiger partial charge in [0.2, 0.25) is 0 Å². The summed E-state index contributed by atoms with van der Waals surface area (Å²) in [6.45, 7) is -0.818. The first-order valence-corrected chi connectivity index (χ1v) is 9.85. The molecular formula is C24H19N3O5. The number of ether oxygens (including phenoxy) is 1. The molecule has 8 nitrogen and oxygen atoms in total. The topological polar surface area (TPSA) is 106 Å². The minimum absolute atomic E-state index is 0.121. The highest BCUT2D eigenvalue weighted by Crippen LogP contribution is 2.19. The molecule has 160 valence electrons. The molecule has 2 N–H and O–H groups in total. The van der Waals surface area contributed by atoms with E-state index >= 15 is 0 Å². The van der Waals surface area contributed by atoms with Gasteiger partial charge in [-0.3, -0.25) is 19.7 Å². The first-order chi connectivity index (χ1) is 15.5. The second-order valence-electron chi connectivity index (χ2n) is 6.98. The van der Waals surface area contributed by atoms with Crippen LogP contribution in [-0.4, -0.2) is 29.1 Å². The van der Waals surface area contributed by atoms with Crippen molar-refractivity contribution in [3.63, 3.8) is 0 Å². The molecule has 4 aromatic rings. The average molecular weight is 429 g/mol. The molecule has 3 amide bonds. The Morgan fingerprint density at radius 1 is 0.781 bits per heavy atom. The number of nitrogens with one attached hydrogen (secondary N) is 2. The number of urea groups is 1. The van der Waals surface area contributed by atoms with Crippen LogP contribution >= 0.6 is 0 Å². The fourth-order valence-electron chi connectivity index (χ4n) is 3.41. The lowest BCUT2D eigenvalue weighted by molar-refractivity contribution is -0.148. The van der Waals surface area contributed by atoms with Crippen LogP contribution in [0.1, 0.15) is 0 Å². The third-order valence-electron chi connectivity index (χ3n) is 4.82. The van der Waals surface area contributed by atoms with E-state index in [-0.39, 0.29) is 12.0 Å². The molecule has 0 spiro atoms. The minimum atomic E-state index is -0.763. The fraction of sp³-hybridized carbons (Fsp3) is 0.0833. The van der Waals surface area contributed by atoms with Crippen molar-refractivity contribution < 1.29 is 19.1 Å². The number of rotatable bonds is 5. The van der Waals surface area contributed by atoms with Crippen LogP contribution in [0.5, 0.6) is 0 Å². The summed E-state index contributed by atoms with van der Waals surface area (Å²) in [5, 5.41) is 5.56. The number of pyridine rings is 1. The second kappa shape index (κ2) is 9.13. The van der Waals surface area contributed by atoms with Gasteiger partial charge in [-0.1, -0.05) is 42.5 Å². The van der Waals surface area contributed by atoms with Crippen molar-refractivity contribution in [2.75, 3.05) is 11.9 Å². The molecule has 32 heavy (non-hydrogen) atoms. The molecule has 3 aromatic carbocycles. The van der Waals surface area contributed by atoms with Crippen LogP contribution < -0.4 is 16.1 Å². The maximum absolute atomic E-state index is 12.8. The third kappa shape index (κ3) is 4.49. The van der Waals surface area contributed by atoms with Gasteiger partial charge in [0.15, 0.2) is 12.0 Å². The van der Waals surface area contributed by atoms with Gasteiger partial charge in [0, 0.05) is 16.5 Å². The van der Waals surface area contributed by atoms with Crippen molar-refractivity contribution in [3.8, 4) is 0 Å². The van der Waals surface area contributed by atoms with Crippen molar-refractivity contribution >= 4 is 45.4 Å². The van der Waals surface area contributed by atoms with E-state index in [1.165, 1.54) is 0 Å². The number of carbonyl (C=O) groups excluding carboxylic acids is 3. The normalized spacial score (nSPS) is 10.6. The van der Waals surface area contributed by atoms with Crippen LogP contribution in [0.2, 0.25) is 0 Å². The summed E-state index contributed by atoms with van der Waals surface area (Å²) in [6.07, 6.45) is 0. The highest BCUT2D eigenvalue weighted by Gasteiger charge is 2.15. The van der Waals surface area contributed by atoms with Crippen LogP contribution in [0.25, 0.3) is 21.8 Å². The predicted molar refractivity (Wildman–Crippen MR) is 120 cm³/mol. The minimum Gasteiger partial charge on any atom is -0.454 e. The van der Waals surface area contributed by atoms with E-state index in [0.717, 1.165) is 0 Å². The Hall–Kier alpha value is -4.46. The smallest absolute Gasteiger partial charge is 0.326 e. The Kier molecular flexibility index (Phi) is 5.94. The summed E-state index contributed by atoms with van der Waals surface area (Å²) in [6, 6.07) is 21.8. The lowest BCUT2D eigenvalue weighted by Crippen LogP contribution is -2.37. The molecule has 8 heteroatoms. The molecule has 0 aliphatic heterocycles. The van der Waals surface area contributed by atoms with E-state index in [0.29, 0.717) is 27.5 Å². The van der Waals surface area contributed by atoms with Crippen LogP contribution in [0.15, 0.2) is 83.7 Å². The maximum atomic E-state index is 12.8. The molecule has 4 rings (SSSR count). The summed E-state index contributed by atoms with van der Waals surface area (Å²) in [5.41, 5.74) is 1.57. The van der Waals surface area contributed by atoms with E-state index in [4.69, 9.17) is 4.74 Å². The summed E-state index contributed by atoms with van der Waals surface area (Å²) in [4.78, 5) is 49.1. The van der Waals surface area contributed by atoms with E-state index in [2.05, 4.69) is 10.6 Å². The Balaban J connectivity index is 1.44. The third-order valence-corrected chi connectivity index (χ3v) is 4.82. The number of fused-ring (bicyclic) bond motifs is 2. The highest BCUT2D eigenvalue weighted by molar-refractivity contribution is 6.02. The number of imide groups is 1. The van der Waals surface area contributed by atoms with Crippen molar-refractivity contribution in [2.45, 2.75) is 6.54 Å². The number of anilines is 1. The average Bonchev–Trinajstić information content (AvgIpc) is 2.81. The summed E-state index contributed by atoms with van der Waals surface area (Å²) >= 11 is 0.